The van der Waals surface area contributed by atoms with Crippen molar-refractivity contribution < 1.29 is 5.11 Å². The van der Waals surface area contributed by atoms with Crippen LogP contribution < -0.4 is 5.73 Å². The van der Waals surface area contributed by atoms with Crippen LogP contribution in [0.15, 0.2) is 73.0 Å². The van der Waals surface area contributed by atoms with Gasteiger partial charge in [-0.3, -0.25) is 0 Å². The predicted octanol–water partition coefficient (Wildman–Crippen LogP) is 4.94. The molecule has 2 aromatic heterocycles. The van der Waals surface area contributed by atoms with Crippen molar-refractivity contribution in [1.82, 2.24) is 19.6 Å². The molecule has 6 nitrogen and oxygen atoms in total. The molecule has 0 bridgehead atoms. The van der Waals surface area contributed by atoms with Crippen molar-refractivity contribution in [3.63, 3.8) is 0 Å². The van der Waals surface area contributed by atoms with Crippen LogP contribution in [0.1, 0.15) is 49.3 Å². The van der Waals surface area contributed by atoms with Gasteiger partial charge in [0, 0.05) is 28.8 Å². The zero-order valence-corrected chi connectivity index (χ0v) is 18.4. The largest absolute Gasteiger partial charge is 0.508 e. The lowest BCUT2D eigenvalue weighted by atomic mass is 9.66. The first kappa shape index (κ1) is 20.1. The molecule has 6 heteroatoms. The van der Waals surface area contributed by atoms with Gasteiger partial charge in [0.1, 0.15) is 5.75 Å². The Bertz CT molecular complexity index is 1320. The van der Waals surface area contributed by atoms with E-state index in [1.165, 1.54) is 6.42 Å². The molecule has 0 radical (unpaired) electrons. The van der Waals surface area contributed by atoms with Gasteiger partial charge in [0.15, 0.2) is 5.82 Å². The molecule has 1 fully saturated rings. The van der Waals surface area contributed by atoms with E-state index in [0.717, 1.165) is 48.1 Å². The minimum Gasteiger partial charge on any atom is -0.508 e. The Balaban J connectivity index is 1.41. The number of hydrogen-bond acceptors (Lipinski definition) is 5. The van der Waals surface area contributed by atoms with E-state index in [1.54, 1.807) is 16.6 Å². The Hall–Kier alpha value is -3.51. The second kappa shape index (κ2) is 7.81. The number of hydrogen-bond donors (Lipinski definition) is 2. The van der Waals surface area contributed by atoms with Gasteiger partial charge < -0.3 is 10.8 Å². The van der Waals surface area contributed by atoms with Crippen molar-refractivity contribution in [1.29, 1.82) is 0 Å². The number of rotatable bonds is 4. The van der Waals surface area contributed by atoms with Crippen molar-refractivity contribution in [3.05, 3.63) is 84.3 Å². The number of nitrogens with two attached hydrogens (primary N) is 1. The van der Waals surface area contributed by atoms with Crippen LogP contribution in [0.3, 0.4) is 0 Å². The lowest BCUT2D eigenvalue weighted by molar-refractivity contribution is 0.183. The quantitative estimate of drug-likeness (QED) is 0.604. The van der Waals surface area contributed by atoms with Crippen molar-refractivity contribution in [2.75, 3.05) is 0 Å². The first-order valence-corrected chi connectivity index (χ1v) is 11.7. The molecular formula is C27H27N5O. The van der Waals surface area contributed by atoms with Crippen LogP contribution in [0.4, 0.5) is 0 Å². The fourth-order valence-electron chi connectivity index (χ4n) is 5.06. The summed E-state index contributed by atoms with van der Waals surface area (Å²) < 4.78 is 1.77. The summed E-state index contributed by atoms with van der Waals surface area (Å²) >= 11 is 0. The molecule has 2 heterocycles. The number of phenolic OH excluding ortho intramolecular Hbond substituents is 1. The van der Waals surface area contributed by atoms with E-state index in [9.17, 15) is 5.11 Å². The van der Waals surface area contributed by atoms with Gasteiger partial charge in [-0.2, -0.15) is 4.98 Å². The molecule has 6 rings (SSSR count). The maximum Gasteiger partial charge on any atom is 0.253 e. The highest BCUT2D eigenvalue weighted by Gasteiger charge is 2.39. The average Bonchev–Trinajstić information content (AvgIpc) is 3.26. The molecule has 2 atom stereocenters. The summed E-state index contributed by atoms with van der Waals surface area (Å²) in [6.45, 7) is 0. The number of aromatic nitrogens is 4. The number of benzene rings is 1. The number of phenols is 1. The Morgan fingerprint density at radius 3 is 2.55 bits per heavy atom. The Labute approximate surface area is 192 Å². The van der Waals surface area contributed by atoms with Gasteiger partial charge in [0.05, 0.1) is 5.69 Å². The zero-order chi connectivity index (χ0) is 22.4. The summed E-state index contributed by atoms with van der Waals surface area (Å²) in [6, 6.07) is 6.92. The van der Waals surface area contributed by atoms with Crippen LogP contribution in [0, 0.1) is 5.92 Å². The van der Waals surface area contributed by atoms with Gasteiger partial charge in [0.2, 0.25) is 0 Å². The molecule has 3 aromatic rings. The van der Waals surface area contributed by atoms with Crippen LogP contribution in [-0.4, -0.2) is 30.2 Å². The maximum atomic E-state index is 9.60. The summed E-state index contributed by atoms with van der Waals surface area (Å²) in [4.78, 5) is 9.68. The van der Waals surface area contributed by atoms with E-state index in [2.05, 4.69) is 58.8 Å². The molecule has 1 saturated carbocycles. The fourth-order valence-corrected chi connectivity index (χ4v) is 5.06. The molecule has 3 aliphatic rings. The molecule has 0 amide bonds. The van der Waals surface area contributed by atoms with Crippen molar-refractivity contribution in [3.8, 4) is 17.1 Å². The normalized spacial score (nSPS) is 23.5. The zero-order valence-electron chi connectivity index (χ0n) is 18.4. The van der Waals surface area contributed by atoms with Crippen molar-refractivity contribution >= 4 is 11.4 Å². The van der Waals surface area contributed by atoms with Gasteiger partial charge in [-0.25, -0.2) is 9.50 Å². The molecule has 0 aliphatic heterocycles. The monoisotopic (exact) mass is 437 g/mol. The lowest BCUT2D eigenvalue weighted by Crippen LogP contribution is -2.52. The number of aromatic hydroxyl groups is 1. The minimum absolute atomic E-state index is 0.0400. The summed E-state index contributed by atoms with van der Waals surface area (Å²) in [5.74, 6) is 2.01. The molecule has 33 heavy (non-hydrogen) atoms. The van der Waals surface area contributed by atoms with E-state index in [4.69, 9.17) is 10.7 Å². The summed E-state index contributed by atoms with van der Waals surface area (Å²) in [5.41, 5.74) is 10.6. The molecule has 0 spiro atoms. The first-order valence-electron chi connectivity index (χ1n) is 11.7. The smallest absolute Gasteiger partial charge is 0.253 e. The second-order valence-electron chi connectivity index (χ2n) is 9.37. The van der Waals surface area contributed by atoms with Crippen LogP contribution in [-0.2, 0) is 0 Å². The van der Waals surface area contributed by atoms with E-state index < -0.39 is 0 Å². The Kier molecular flexibility index (Phi) is 4.76. The van der Waals surface area contributed by atoms with Crippen LogP contribution >= 0.6 is 0 Å². The molecule has 0 saturated heterocycles. The van der Waals surface area contributed by atoms with Gasteiger partial charge in [-0.15, -0.1) is 5.10 Å². The van der Waals surface area contributed by atoms with Crippen molar-refractivity contribution in [2.45, 2.75) is 43.6 Å². The van der Waals surface area contributed by atoms with Crippen LogP contribution in [0.25, 0.3) is 22.7 Å². The highest BCUT2D eigenvalue weighted by molar-refractivity contribution is 5.76. The molecule has 166 valence electrons. The van der Waals surface area contributed by atoms with E-state index >= 15 is 0 Å². The number of fused-ring (bicyclic) bond motifs is 1. The third-order valence-corrected chi connectivity index (χ3v) is 7.26. The molecule has 3 N–H and O–H groups in total. The summed E-state index contributed by atoms with van der Waals surface area (Å²) in [6.07, 6.45) is 22.8. The van der Waals surface area contributed by atoms with Gasteiger partial charge in [-0.1, -0.05) is 42.5 Å². The lowest BCUT2D eigenvalue weighted by Gasteiger charge is -2.44. The van der Waals surface area contributed by atoms with E-state index in [-0.39, 0.29) is 17.2 Å². The highest BCUT2D eigenvalue weighted by Crippen LogP contribution is 2.41. The summed E-state index contributed by atoms with van der Waals surface area (Å²) in [5, 5.41) is 14.3. The molecular weight excluding hydrogens is 410 g/mol. The molecule has 1 aromatic carbocycles. The van der Waals surface area contributed by atoms with Gasteiger partial charge in [0.25, 0.3) is 5.78 Å². The van der Waals surface area contributed by atoms with Gasteiger partial charge in [-0.05, 0) is 67.9 Å². The number of allylic oxidation sites excluding steroid dienone is 7. The van der Waals surface area contributed by atoms with Gasteiger partial charge >= 0.3 is 0 Å². The Morgan fingerprint density at radius 1 is 1.03 bits per heavy atom. The third kappa shape index (κ3) is 3.60. The van der Waals surface area contributed by atoms with Crippen LogP contribution in [0.5, 0.6) is 5.75 Å². The highest BCUT2D eigenvalue weighted by atomic mass is 16.3. The minimum atomic E-state index is -0.0400. The molecule has 2 unspecified atom stereocenters. The fraction of sp³-hybridized carbons (Fsp3) is 0.296. The number of nitrogens with zero attached hydrogens (tertiary/aromatic N) is 4. The third-order valence-electron chi connectivity index (χ3n) is 7.26. The Morgan fingerprint density at radius 2 is 1.88 bits per heavy atom. The van der Waals surface area contributed by atoms with E-state index in [1.807, 2.05) is 12.1 Å². The predicted molar refractivity (Wildman–Crippen MR) is 130 cm³/mol. The average molecular weight is 438 g/mol. The first-order chi connectivity index (χ1) is 16.1. The SMILES string of the molecule is NC1(C2C=CC(c3nc4nc(-c5ccc(O)cc5)nn4cc3C3C=CC=CC3)=CC2)CCC1. The van der Waals surface area contributed by atoms with Crippen molar-refractivity contribution in [2.24, 2.45) is 11.7 Å². The summed E-state index contributed by atoms with van der Waals surface area (Å²) in [7, 11) is 0. The maximum absolute atomic E-state index is 9.60. The van der Waals surface area contributed by atoms with E-state index in [0.29, 0.717) is 17.5 Å². The standard InChI is InChI=1S/C27H27N5O/c28-27(15-4-16-27)21-11-7-19(8-12-21)24-23(18-5-2-1-3-6-18)17-32-26(29-24)30-25(31-32)20-9-13-22(33)14-10-20/h1-3,5,7-11,13-14,17-18,21,33H,4,6,12,15-16,28H2. The topological polar surface area (TPSA) is 89.3 Å². The van der Waals surface area contributed by atoms with Crippen LogP contribution in [0.2, 0.25) is 0 Å². The molecule has 3 aliphatic carbocycles. The second-order valence-corrected chi connectivity index (χ2v) is 9.37.